The summed E-state index contributed by atoms with van der Waals surface area (Å²) in [6, 6.07) is 2.30. The molecule has 3 N–H and O–H groups in total. The number of nitrogens with one attached hydrogen (secondary N) is 1. The maximum Gasteiger partial charge on any atom is 0.161 e. The summed E-state index contributed by atoms with van der Waals surface area (Å²) in [5.41, 5.74) is 6.95. The van der Waals surface area contributed by atoms with E-state index in [1.165, 1.54) is 0 Å². The summed E-state index contributed by atoms with van der Waals surface area (Å²) in [7, 11) is 0. The zero-order chi connectivity index (χ0) is 13.6. The van der Waals surface area contributed by atoms with Crippen LogP contribution in [0.5, 0.6) is 0 Å². The molecule has 3 nitrogen and oxygen atoms in total. The first-order valence-corrected chi connectivity index (χ1v) is 6.61. The molecule has 0 saturated heterocycles. The van der Waals surface area contributed by atoms with Crippen molar-refractivity contribution in [2.24, 2.45) is 5.73 Å². The van der Waals surface area contributed by atoms with E-state index in [2.05, 4.69) is 16.9 Å². The fourth-order valence-electron chi connectivity index (χ4n) is 2.93. The van der Waals surface area contributed by atoms with Gasteiger partial charge in [0.2, 0.25) is 0 Å². The Morgan fingerprint density at radius 2 is 2.05 bits per heavy atom. The molecule has 1 aliphatic rings. The van der Waals surface area contributed by atoms with Gasteiger partial charge in [-0.25, -0.2) is 13.8 Å². The number of hydrogen-bond donors (Lipinski definition) is 2. The number of aromatic nitrogens is 2. The molecule has 1 aliphatic carbocycles. The molecule has 1 aromatic carbocycles. The first kappa shape index (κ1) is 12.5. The Balaban J connectivity index is 2.10. The molecular weight excluding hydrogens is 248 g/mol. The second-order valence-corrected chi connectivity index (χ2v) is 5.64. The minimum Gasteiger partial charge on any atom is -0.341 e. The van der Waals surface area contributed by atoms with Crippen LogP contribution in [0.25, 0.3) is 11.0 Å². The number of rotatable bonds is 1. The predicted octanol–water partition coefficient (Wildman–Crippen LogP) is 3.00. The summed E-state index contributed by atoms with van der Waals surface area (Å²) in [5.74, 6) is -0.996. The summed E-state index contributed by atoms with van der Waals surface area (Å²) in [6.07, 6.45) is 4.12. The zero-order valence-corrected chi connectivity index (χ0v) is 10.8. The Hall–Kier alpha value is -1.49. The van der Waals surface area contributed by atoms with Crippen LogP contribution >= 0.6 is 0 Å². The lowest BCUT2D eigenvalue weighted by atomic mass is 9.71. The van der Waals surface area contributed by atoms with E-state index in [1.54, 1.807) is 0 Å². The van der Waals surface area contributed by atoms with Gasteiger partial charge in [-0.2, -0.15) is 0 Å². The van der Waals surface area contributed by atoms with E-state index >= 15 is 0 Å². The van der Waals surface area contributed by atoms with Crippen molar-refractivity contribution in [2.45, 2.75) is 44.1 Å². The van der Waals surface area contributed by atoms with Crippen LogP contribution in [0.2, 0.25) is 0 Å². The topological polar surface area (TPSA) is 54.7 Å². The molecule has 2 atom stereocenters. The number of fused-ring (bicyclic) bond motifs is 1. The summed E-state index contributed by atoms with van der Waals surface area (Å²) in [6.45, 7) is 2.07. The molecule has 0 bridgehead atoms. The average molecular weight is 265 g/mol. The maximum absolute atomic E-state index is 13.2. The molecule has 0 spiro atoms. The van der Waals surface area contributed by atoms with E-state index in [0.29, 0.717) is 11.0 Å². The molecule has 1 heterocycles. The van der Waals surface area contributed by atoms with Crippen molar-refractivity contribution >= 4 is 11.0 Å². The smallest absolute Gasteiger partial charge is 0.161 e. The van der Waals surface area contributed by atoms with Crippen molar-refractivity contribution in [3.05, 3.63) is 29.6 Å². The largest absolute Gasteiger partial charge is 0.341 e. The van der Waals surface area contributed by atoms with Gasteiger partial charge in [-0.3, -0.25) is 0 Å². The lowest BCUT2D eigenvalue weighted by Gasteiger charge is -2.37. The van der Waals surface area contributed by atoms with Crippen molar-refractivity contribution < 1.29 is 8.78 Å². The Labute approximate surface area is 110 Å². The molecule has 2 aromatic rings. The molecule has 19 heavy (non-hydrogen) atoms. The Bertz CT molecular complexity index is 583. The number of imidazole rings is 1. The molecule has 1 fully saturated rings. The van der Waals surface area contributed by atoms with Crippen molar-refractivity contribution in [1.29, 1.82) is 0 Å². The van der Waals surface area contributed by atoms with Crippen molar-refractivity contribution in [1.82, 2.24) is 9.97 Å². The number of H-pyrrole nitrogens is 1. The van der Waals surface area contributed by atoms with Crippen LogP contribution < -0.4 is 5.73 Å². The van der Waals surface area contributed by atoms with Crippen LogP contribution in [0.4, 0.5) is 8.78 Å². The summed E-state index contributed by atoms with van der Waals surface area (Å²) >= 11 is 0. The lowest BCUT2D eigenvalue weighted by Crippen LogP contribution is -2.46. The number of nitrogens with two attached hydrogens (primary N) is 1. The molecule has 102 valence electrons. The zero-order valence-electron chi connectivity index (χ0n) is 10.8. The van der Waals surface area contributed by atoms with Gasteiger partial charge in [0, 0.05) is 23.6 Å². The first-order chi connectivity index (χ1) is 9.00. The van der Waals surface area contributed by atoms with Crippen LogP contribution in [0.15, 0.2) is 12.1 Å². The number of hydrogen-bond acceptors (Lipinski definition) is 2. The van der Waals surface area contributed by atoms with E-state index < -0.39 is 11.6 Å². The predicted molar refractivity (Wildman–Crippen MR) is 69.8 cm³/mol. The van der Waals surface area contributed by atoms with Gasteiger partial charge >= 0.3 is 0 Å². The third-order valence-electron chi connectivity index (χ3n) is 4.34. The van der Waals surface area contributed by atoms with Gasteiger partial charge < -0.3 is 10.7 Å². The standard InChI is InChI=1S/C14H17F2N3/c1-14(5-3-2-4-12(14)17)13-18-10-6-8(15)9(16)7-11(10)19-13/h6-7,12H,2-5,17H2,1H3,(H,18,19). The molecule has 2 unspecified atom stereocenters. The highest BCUT2D eigenvalue weighted by atomic mass is 19.2. The van der Waals surface area contributed by atoms with Crippen molar-refractivity contribution in [3.8, 4) is 0 Å². The number of halogens is 2. The fourth-order valence-corrected chi connectivity index (χ4v) is 2.93. The van der Waals surface area contributed by atoms with Crippen LogP contribution in [0, 0.1) is 11.6 Å². The molecule has 0 amide bonds. The van der Waals surface area contributed by atoms with Gasteiger partial charge in [0.15, 0.2) is 11.6 Å². The van der Waals surface area contributed by atoms with E-state index in [-0.39, 0.29) is 11.5 Å². The summed E-state index contributed by atoms with van der Waals surface area (Å²) < 4.78 is 26.4. The summed E-state index contributed by atoms with van der Waals surface area (Å²) in [5, 5.41) is 0. The highest BCUT2D eigenvalue weighted by molar-refractivity contribution is 5.75. The molecule has 0 radical (unpaired) electrons. The Kier molecular flexibility index (Phi) is 2.82. The molecule has 1 aromatic heterocycles. The van der Waals surface area contributed by atoms with Gasteiger partial charge in [-0.05, 0) is 12.8 Å². The molecular formula is C14H17F2N3. The molecule has 0 aliphatic heterocycles. The average Bonchev–Trinajstić information content (AvgIpc) is 2.77. The molecule has 3 rings (SSSR count). The van der Waals surface area contributed by atoms with Crippen LogP contribution in [-0.2, 0) is 5.41 Å². The molecule has 1 saturated carbocycles. The first-order valence-electron chi connectivity index (χ1n) is 6.61. The number of nitrogens with zero attached hydrogens (tertiary/aromatic N) is 1. The van der Waals surface area contributed by atoms with Crippen molar-refractivity contribution in [3.63, 3.8) is 0 Å². The quantitative estimate of drug-likeness (QED) is 0.832. The van der Waals surface area contributed by atoms with E-state index in [4.69, 9.17) is 5.73 Å². The highest BCUT2D eigenvalue weighted by Gasteiger charge is 2.38. The normalized spacial score (nSPS) is 27.9. The van der Waals surface area contributed by atoms with Crippen LogP contribution in [0.1, 0.15) is 38.4 Å². The van der Waals surface area contributed by atoms with Crippen LogP contribution in [-0.4, -0.2) is 16.0 Å². The SMILES string of the molecule is CC1(c2nc3cc(F)c(F)cc3[nH]2)CCCCC1N. The fraction of sp³-hybridized carbons (Fsp3) is 0.500. The summed E-state index contributed by atoms with van der Waals surface area (Å²) in [4.78, 5) is 7.52. The third kappa shape index (κ3) is 1.92. The van der Waals surface area contributed by atoms with Gasteiger partial charge in [-0.15, -0.1) is 0 Å². The Morgan fingerprint density at radius 3 is 2.79 bits per heavy atom. The van der Waals surface area contributed by atoms with Crippen molar-refractivity contribution in [2.75, 3.05) is 0 Å². The minimum absolute atomic E-state index is 0.0245. The second kappa shape index (κ2) is 4.27. The number of benzene rings is 1. The number of aromatic amines is 1. The minimum atomic E-state index is -0.872. The van der Waals surface area contributed by atoms with E-state index in [9.17, 15) is 8.78 Å². The monoisotopic (exact) mass is 265 g/mol. The lowest BCUT2D eigenvalue weighted by molar-refractivity contribution is 0.260. The second-order valence-electron chi connectivity index (χ2n) is 5.64. The maximum atomic E-state index is 13.2. The highest BCUT2D eigenvalue weighted by Crippen LogP contribution is 2.37. The van der Waals surface area contributed by atoms with Gasteiger partial charge in [0.25, 0.3) is 0 Å². The van der Waals surface area contributed by atoms with Gasteiger partial charge in [0.05, 0.1) is 11.0 Å². The Morgan fingerprint density at radius 1 is 1.32 bits per heavy atom. The van der Waals surface area contributed by atoms with Crippen LogP contribution in [0.3, 0.4) is 0 Å². The van der Waals surface area contributed by atoms with E-state index in [0.717, 1.165) is 43.6 Å². The third-order valence-corrected chi connectivity index (χ3v) is 4.34. The van der Waals surface area contributed by atoms with Gasteiger partial charge in [-0.1, -0.05) is 19.8 Å². The van der Waals surface area contributed by atoms with Gasteiger partial charge in [0.1, 0.15) is 5.82 Å². The molecule has 5 heteroatoms. The van der Waals surface area contributed by atoms with E-state index in [1.807, 2.05) is 0 Å².